The predicted octanol–water partition coefficient (Wildman–Crippen LogP) is 3.16. The lowest BCUT2D eigenvalue weighted by atomic mass is 10.1. The molecule has 0 aliphatic carbocycles. The number of carbonyl (C=O) groups is 1. The lowest BCUT2D eigenvalue weighted by molar-refractivity contribution is -0.113. The van der Waals surface area contributed by atoms with Crippen LogP contribution in [0.4, 0.5) is 0 Å². The van der Waals surface area contributed by atoms with Gasteiger partial charge >= 0.3 is 0 Å². The van der Waals surface area contributed by atoms with E-state index in [1.165, 1.54) is 0 Å². The Morgan fingerprint density at radius 1 is 1.27 bits per heavy atom. The van der Waals surface area contributed by atoms with Crippen molar-refractivity contribution in [3.63, 3.8) is 0 Å². The molecule has 0 atom stereocenters. The van der Waals surface area contributed by atoms with E-state index in [9.17, 15) is 4.79 Å². The Morgan fingerprint density at radius 2 is 2.00 bits per heavy atom. The summed E-state index contributed by atoms with van der Waals surface area (Å²) in [5.74, 6) is 0.111. The molecule has 0 amide bonds. The van der Waals surface area contributed by atoms with E-state index >= 15 is 0 Å². The molecule has 0 radical (unpaired) electrons. The molecule has 0 aliphatic heterocycles. The van der Waals surface area contributed by atoms with Crippen molar-refractivity contribution in [3.8, 4) is 0 Å². The minimum atomic E-state index is 0.111. The molecule has 0 saturated heterocycles. The second-order valence-corrected chi connectivity index (χ2v) is 3.67. The average Bonchev–Trinajstić information content (AvgIpc) is 2.62. The Labute approximate surface area is 88.6 Å². The van der Waals surface area contributed by atoms with Gasteiger partial charge in [-0.15, -0.1) is 0 Å². The monoisotopic (exact) mass is 199 g/mol. The number of benzene rings is 1. The van der Waals surface area contributed by atoms with Gasteiger partial charge < -0.3 is 4.98 Å². The van der Waals surface area contributed by atoms with Crippen molar-refractivity contribution >= 4 is 22.8 Å². The van der Waals surface area contributed by atoms with E-state index in [1.807, 2.05) is 43.5 Å². The summed E-state index contributed by atoms with van der Waals surface area (Å²) in [6.45, 7) is 3.42. The number of nitrogens with one attached hydrogen (secondary N) is 1. The largest absolute Gasteiger partial charge is 0.361 e. The molecule has 1 N–H and O–H groups in total. The van der Waals surface area contributed by atoms with Gasteiger partial charge in [0.15, 0.2) is 5.78 Å². The SMILES string of the molecule is CC(=O)/C(C)=C/c1c[nH]c2ccccc12. The first-order valence-electron chi connectivity index (χ1n) is 4.94. The van der Waals surface area contributed by atoms with Gasteiger partial charge in [0.05, 0.1) is 0 Å². The maximum absolute atomic E-state index is 11.1. The van der Waals surface area contributed by atoms with Crippen LogP contribution in [0, 0.1) is 0 Å². The van der Waals surface area contributed by atoms with E-state index in [1.54, 1.807) is 6.92 Å². The number of para-hydroxylation sites is 1. The molecule has 1 heterocycles. The van der Waals surface area contributed by atoms with E-state index in [2.05, 4.69) is 4.98 Å². The molecule has 1 aromatic carbocycles. The van der Waals surface area contributed by atoms with E-state index in [0.29, 0.717) is 0 Å². The first-order valence-corrected chi connectivity index (χ1v) is 4.94. The molecule has 0 fully saturated rings. The lowest BCUT2D eigenvalue weighted by Gasteiger charge is -1.94. The number of allylic oxidation sites excluding steroid dienone is 1. The van der Waals surface area contributed by atoms with Gasteiger partial charge in [-0.25, -0.2) is 0 Å². The van der Waals surface area contributed by atoms with Crippen LogP contribution in [0.2, 0.25) is 0 Å². The van der Waals surface area contributed by atoms with Crippen molar-refractivity contribution in [1.82, 2.24) is 4.98 Å². The number of aromatic nitrogens is 1. The summed E-state index contributed by atoms with van der Waals surface area (Å²) in [5, 5.41) is 1.15. The summed E-state index contributed by atoms with van der Waals surface area (Å²) in [4.78, 5) is 14.3. The number of hydrogen-bond acceptors (Lipinski definition) is 1. The van der Waals surface area contributed by atoms with E-state index in [0.717, 1.165) is 22.0 Å². The molecule has 2 nitrogen and oxygen atoms in total. The summed E-state index contributed by atoms with van der Waals surface area (Å²) >= 11 is 0. The Morgan fingerprint density at radius 3 is 2.73 bits per heavy atom. The number of hydrogen-bond donors (Lipinski definition) is 1. The van der Waals surface area contributed by atoms with Crippen LogP contribution in [-0.2, 0) is 4.79 Å². The van der Waals surface area contributed by atoms with Gasteiger partial charge in [0.25, 0.3) is 0 Å². The zero-order chi connectivity index (χ0) is 10.8. The fraction of sp³-hybridized carbons (Fsp3) is 0.154. The number of ketones is 1. The zero-order valence-corrected chi connectivity index (χ0v) is 8.87. The van der Waals surface area contributed by atoms with Crippen LogP contribution >= 0.6 is 0 Å². The molecule has 15 heavy (non-hydrogen) atoms. The third-order valence-electron chi connectivity index (χ3n) is 2.55. The zero-order valence-electron chi connectivity index (χ0n) is 8.87. The molecule has 0 saturated carbocycles. The highest BCUT2D eigenvalue weighted by molar-refractivity contribution is 6.00. The van der Waals surface area contributed by atoms with Crippen molar-refractivity contribution in [1.29, 1.82) is 0 Å². The molecule has 76 valence electrons. The Kier molecular flexibility index (Phi) is 2.42. The summed E-state index contributed by atoms with van der Waals surface area (Å²) in [5.41, 5.74) is 2.94. The van der Waals surface area contributed by atoms with Crippen LogP contribution in [0.25, 0.3) is 17.0 Å². The fourth-order valence-corrected chi connectivity index (χ4v) is 1.55. The first-order chi connectivity index (χ1) is 7.18. The van der Waals surface area contributed by atoms with Crippen LogP contribution in [0.15, 0.2) is 36.0 Å². The fourth-order valence-electron chi connectivity index (χ4n) is 1.55. The van der Waals surface area contributed by atoms with Crippen molar-refractivity contribution in [3.05, 3.63) is 41.6 Å². The third-order valence-corrected chi connectivity index (χ3v) is 2.55. The number of aromatic amines is 1. The highest BCUT2D eigenvalue weighted by atomic mass is 16.1. The van der Waals surface area contributed by atoms with Crippen LogP contribution in [-0.4, -0.2) is 10.8 Å². The second-order valence-electron chi connectivity index (χ2n) is 3.67. The van der Waals surface area contributed by atoms with Gasteiger partial charge in [-0.1, -0.05) is 18.2 Å². The van der Waals surface area contributed by atoms with Crippen molar-refractivity contribution in [2.45, 2.75) is 13.8 Å². The number of H-pyrrole nitrogens is 1. The number of Topliss-reactive ketones (excluding diaryl/α,β-unsaturated/α-hetero) is 1. The molecule has 0 unspecified atom stereocenters. The Balaban J connectivity index is 2.54. The van der Waals surface area contributed by atoms with Crippen molar-refractivity contribution in [2.24, 2.45) is 0 Å². The second kappa shape index (κ2) is 3.73. The van der Waals surface area contributed by atoms with E-state index in [-0.39, 0.29) is 5.78 Å². The van der Waals surface area contributed by atoms with Crippen molar-refractivity contribution in [2.75, 3.05) is 0 Å². The number of fused-ring (bicyclic) bond motifs is 1. The van der Waals surface area contributed by atoms with Gasteiger partial charge in [-0.05, 0) is 31.6 Å². The van der Waals surface area contributed by atoms with Gasteiger partial charge in [-0.3, -0.25) is 4.79 Å². The summed E-state index contributed by atoms with van der Waals surface area (Å²) < 4.78 is 0. The van der Waals surface area contributed by atoms with Crippen LogP contribution in [0.3, 0.4) is 0 Å². The average molecular weight is 199 g/mol. The summed E-state index contributed by atoms with van der Waals surface area (Å²) in [6.07, 6.45) is 3.85. The first kappa shape index (κ1) is 9.71. The molecule has 0 bridgehead atoms. The molecular weight excluding hydrogens is 186 g/mol. The maximum atomic E-state index is 11.1. The summed E-state index contributed by atoms with van der Waals surface area (Å²) in [6, 6.07) is 8.06. The van der Waals surface area contributed by atoms with Gasteiger partial charge in [0.2, 0.25) is 0 Å². The molecule has 2 aromatic rings. The minimum Gasteiger partial charge on any atom is -0.361 e. The molecule has 0 spiro atoms. The molecule has 1 aromatic heterocycles. The smallest absolute Gasteiger partial charge is 0.155 e. The van der Waals surface area contributed by atoms with E-state index < -0.39 is 0 Å². The molecular formula is C13H13NO. The lowest BCUT2D eigenvalue weighted by Crippen LogP contribution is -1.90. The summed E-state index contributed by atoms with van der Waals surface area (Å²) in [7, 11) is 0. The van der Waals surface area contributed by atoms with Crippen molar-refractivity contribution < 1.29 is 4.79 Å². The maximum Gasteiger partial charge on any atom is 0.155 e. The van der Waals surface area contributed by atoms with E-state index in [4.69, 9.17) is 0 Å². The predicted molar refractivity (Wildman–Crippen MR) is 62.6 cm³/mol. The quantitative estimate of drug-likeness (QED) is 0.740. The molecule has 2 heteroatoms. The topological polar surface area (TPSA) is 32.9 Å². The highest BCUT2D eigenvalue weighted by Crippen LogP contribution is 2.20. The van der Waals surface area contributed by atoms with Gasteiger partial charge in [0, 0.05) is 22.7 Å². The standard InChI is InChI=1S/C13H13NO/c1-9(10(2)15)7-11-8-14-13-6-4-3-5-12(11)13/h3-8,14H,1-2H3/b9-7+. The highest BCUT2D eigenvalue weighted by Gasteiger charge is 2.02. The van der Waals surface area contributed by atoms with Crippen LogP contribution < -0.4 is 0 Å². The number of rotatable bonds is 2. The van der Waals surface area contributed by atoms with Gasteiger partial charge in [-0.2, -0.15) is 0 Å². The van der Waals surface area contributed by atoms with Gasteiger partial charge in [0.1, 0.15) is 0 Å². The minimum absolute atomic E-state index is 0.111. The Bertz CT molecular complexity index is 534. The third kappa shape index (κ3) is 1.84. The number of carbonyl (C=O) groups excluding carboxylic acids is 1. The molecule has 2 rings (SSSR count). The Hall–Kier alpha value is -1.83. The van der Waals surface area contributed by atoms with Crippen LogP contribution in [0.1, 0.15) is 19.4 Å². The van der Waals surface area contributed by atoms with Crippen LogP contribution in [0.5, 0.6) is 0 Å². The normalized spacial score (nSPS) is 12.0. The molecule has 0 aliphatic rings.